The van der Waals surface area contributed by atoms with Crippen LogP contribution in [0, 0.1) is 0 Å². The van der Waals surface area contributed by atoms with Crippen molar-refractivity contribution in [2.24, 2.45) is 0 Å². The van der Waals surface area contributed by atoms with Gasteiger partial charge in [-0.3, -0.25) is 9.59 Å². The second kappa shape index (κ2) is 9.65. The van der Waals surface area contributed by atoms with Crippen molar-refractivity contribution < 1.29 is 9.59 Å². The van der Waals surface area contributed by atoms with Crippen LogP contribution in [0.4, 0.5) is 11.4 Å². The number of anilines is 2. The third kappa shape index (κ3) is 4.72. The topological polar surface area (TPSA) is 61.4 Å². The van der Waals surface area contributed by atoms with Crippen molar-refractivity contribution in [2.45, 2.75) is 51.0 Å². The molecule has 1 aliphatic carbocycles. The second-order valence-electron chi connectivity index (χ2n) is 9.22. The molecule has 0 radical (unpaired) electrons. The summed E-state index contributed by atoms with van der Waals surface area (Å²) in [6, 6.07) is 19.6. The molecule has 5 nitrogen and oxygen atoms in total. The van der Waals surface area contributed by atoms with Gasteiger partial charge in [0.1, 0.15) is 0 Å². The molecule has 2 aliphatic rings. The molecule has 0 bridgehead atoms. The Morgan fingerprint density at radius 3 is 2.33 bits per heavy atom. The quantitative estimate of drug-likeness (QED) is 0.530. The predicted octanol–water partition coefficient (Wildman–Crippen LogP) is 5.75. The van der Waals surface area contributed by atoms with Crippen LogP contribution in [0.5, 0.6) is 0 Å². The maximum absolute atomic E-state index is 13.3. The molecule has 2 fully saturated rings. The maximum Gasteiger partial charge on any atom is 0.256 e. The van der Waals surface area contributed by atoms with Crippen LogP contribution in [0.3, 0.4) is 0 Å². The number of carbonyl (C=O) groups is 2. The van der Waals surface area contributed by atoms with Gasteiger partial charge in [0.2, 0.25) is 0 Å². The Labute approximate surface area is 195 Å². The number of fused-ring (bicyclic) bond motifs is 1. The van der Waals surface area contributed by atoms with Gasteiger partial charge >= 0.3 is 0 Å². The SMILES string of the molecule is O=C(NC1CCCCC1)c1cc(NC(=O)c2cccc3ccccc23)ccc1N1CCCC1. The van der Waals surface area contributed by atoms with E-state index in [0.717, 1.165) is 55.2 Å². The Morgan fingerprint density at radius 2 is 1.52 bits per heavy atom. The first-order chi connectivity index (χ1) is 16.2. The van der Waals surface area contributed by atoms with Crippen LogP contribution in [-0.4, -0.2) is 30.9 Å². The van der Waals surface area contributed by atoms with Gasteiger partial charge in [-0.2, -0.15) is 0 Å². The minimum absolute atomic E-state index is 0.0370. The average Bonchev–Trinajstić information content (AvgIpc) is 3.39. The van der Waals surface area contributed by atoms with Gasteiger partial charge < -0.3 is 15.5 Å². The van der Waals surface area contributed by atoms with Crippen molar-refractivity contribution in [2.75, 3.05) is 23.3 Å². The van der Waals surface area contributed by atoms with E-state index >= 15 is 0 Å². The van der Waals surface area contributed by atoms with E-state index in [-0.39, 0.29) is 17.9 Å². The van der Waals surface area contributed by atoms with Gasteiger partial charge in [0.15, 0.2) is 0 Å². The van der Waals surface area contributed by atoms with Gasteiger partial charge in [-0.1, -0.05) is 55.7 Å². The summed E-state index contributed by atoms with van der Waals surface area (Å²) in [7, 11) is 0. The zero-order chi connectivity index (χ0) is 22.6. The van der Waals surface area contributed by atoms with Crippen molar-refractivity contribution in [3.8, 4) is 0 Å². The molecule has 5 rings (SSSR count). The molecule has 2 amide bonds. The highest BCUT2D eigenvalue weighted by atomic mass is 16.2. The molecule has 0 aromatic heterocycles. The number of hydrogen-bond donors (Lipinski definition) is 2. The number of nitrogens with one attached hydrogen (secondary N) is 2. The third-order valence-electron chi connectivity index (χ3n) is 6.92. The molecular formula is C28H31N3O2. The highest BCUT2D eigenvalue weighted by Crippen LogP contribution is 2.29. The lowest BCUT2D eigenvalue weighted by Gasteiger charge is -2.26. The first-order valence-corrected chi connectivity index (χ1v) is 12.2. The van der Waals surface area contributed by atoms with Crippen LogP contribution >= 0.6 is 0 Å². The fourth-order valence-corrected chi connectivity index (χ4v) is 5.16. The van der Waals surface area contributed by atoms with Crippen LogP contribution in [0.25, 0.3) is 10.8 Å². The number of carbonyl (C=O) groups excluding carboxylic acids is 2. The standard InChI is InChI=1S/C28H31N3O2/c32-27(24-14-8-10-20-9-4-5-13-23(20)24)30-22-15-16-26(31-17-6-7-18-31)25(19-22)28(33)29-21-11-2-1-3-12-21/h4-5,8-10,13-16,19,21H,1-3,6-7,11-12,17-18H2,(H,29,33)(H,30,32). The molecule has 0 unspecified atom stereocenters. The number of benzene rings is 3. The molecule has 170 valence electrons. The van der Waals surface area contributed by atoms with Gasteiger partial charge in [0.25, 0.3) is 11.8 Å². The van der Waals surface area contributed by atoms with Gasteiger partial charge in [0, 0.05) is 36.1 Å². The van der Waals surface area contributed by atoms with E-state index in [1.165, 1.54) is 19.3 Å². The normalized spacial score (nSPS) is 16.7. The zero-order valence-electron chi connectivity index (χ0n) is 19.0. The zero-order valence-corrected chi connectivity index (χ0v) is 19.0. The highest BCUT2D eigenvalue weighted by Gasteiger charge is 2.23. The Bertz CT molecular complexity index is 1160. The van der Waals surface area contributed by atoms with E-state index in [1.54, 1.807) is 0 Å². The maximum atomic E-state index is 13.3. The molecule has 1 aliphatic heterocycles. The summed E-state index contributed by atoms with van der Waals surface area (Å²) in [5, 5.41) is 8.23. The molecular weight excluding hydrogens is 410 g/mol. The van der Waals surface area contributed by atoms with E-state index in [4.69, 9.17) is 0 Å². The first-order valence-electron chi connectivity index (χ1n) is 12.2. The van der Waals surface area contributed by atoms with Crippen LogP contribution in [0.15, 0.2) is 60.7 Å². The number of hydrogen-bond acceptors (Lipinski definition) is 3. The fraction of sp³-hybridized carbons (Fsp3) is 0.357. The second-order valence-corrected chi connectivity index (χ2v) is 9.22. The van der Waals surface area contributed by atoms with Gasteiger partial charge in [0.05, 0.1) is 5.56 Å². The molecule has 0 atom stereocenters. The first kappa shape index (κ1) is 21.5. The molecule has 1 saturated carbocycles. The fourth-order valence-electron chi connectivity index (χ4n) is 5.16. The Kier molecular flexibility index (Phi) is 6.29. The van der Waals surface area contributed by atoms with Gasteiger partial charge in [-0.05, 0) is 60.7 Å². The van der Waals surface area contributed by atoms with Crippen LogP contribution < -0.4 is 15.5 Å². The van der Waals surface area contributed by atoms with Crippen molar-refractivity contribution in [3.05, 3.63) is 71.8 Å². The van der Waals surface area contributed by atoms with E-state index in [9.17, 15) is 9.59 Å². The van der Waals surface area contributed by atoms with Crippen molar-refractivity contribution in [1.29, 1.82) is 0 Å². The minimum atomic E-state index is -0.167. The summed E-state index contributed by atoms with van der Waals surface area (Å²) in [5.74, 6) is -0.204. The third-order valence-corrected chi connectivity index (χ3v) is 6.92. The molecule has 33 heavy (non-hydrogen) atoms. The minimum Gasteiger partial charge on any atom is -0.371 e. The lowest BCUT2D eigenvalue weighted by atomic mass is 9.95. The van der Waals surface area contributed by atoms with E-state index in [0.29, 0.717) is 16.8 Å². The van der Waals surface area contributed by atoms with Crippen LogP contribution in [-0.2, 0) is 0 Å². The Morgan fingerprint density at radius 1 is 0.758 bits per heavy atom. The van der Waals surface area contributed by atoms with E-state index in [1.807, 2.05) is 60.7 Å². The molecule has 1 heterocycles. The predicted molar refractivity (Wildman–Crippen MR) is 134 cm³/mol. The van der Waals surface area contributed by atoms with Crippen LogP contribution in [0.2, 0.25) is 0 Å². The van der Waals surface area contributed by atoms with E-state index < -0.39 is 0 Å². The molecule has 5 heteroatoms. The lowest BCUT2D eigenvalue weighted by molar-refractivity contribution is 0.0927. The van der Waals surface area contributed by atoms with Crippen molar-refractivity contribution in [3.63, 3.8) is 0 Å². The summed E-state index contributed by atoms with van der Waals surface area (Å²) in [6.45, 7) is 1.93. The summed E-state index contributed by atoms with van der Waals surface area (Å²) in [6.07, 6.45) is 7.97. The Balaban J connectivity index is 1.42. The molecule has 3 aromatic rings. The lowest BCUT2D eigenvalue weighted by Crippen LogP contribution is -2.37. The average molecular weight is 442 g/mol. The monoisotopic (exact) mass is 441 g/mol. The number of rotatable bonds is 5. The summed E-state index contributed by atoms with van der Waals surface area (Å²) < 4.78 is 0. The molecule has 3 aromatic carbocycles. The van der Waals surface area contributed by atoms with E-state index in [2.05, 4.69) is 15.5 Å². The molecule has 2 N–H and O–H groups in total. The van der Waals surface area contributed by atoms with Crippen molar-refractivity contribution >= 4 is 34.0 Å². The van der Waals surface area contributed by atoms with Crippen molar-refractivity contribution in [1.82, 2.24) is 5.32 Å². The smallest absolute Gasteiger partial charge is 0.256 e. The summed E-state index contributed by atoms with van der Waals surface area (Å²) in [5.41, 5.74) is 2.89. The Hall–Kier alpha value is -3.34. The largest absolute Gasteiger partial charge is 0.371 e. The summed E-state index contributed by atoms with van der Waals surface area (Å²) >= 11 is 0. The van der Waals surface area contributed by atoms with Gasteiger partial charge in [-0.25, -0.2) is 0 Å². The van der Waals surface area contributed by atoms with Crippen LogP contribution in [0.1, 0.15) is 65.7 Å². The molecule has 0 spiro atoms. The highest BCUT2D eigenvalue weighted by molar-refractivity contribution is 6.13. The van der Waals surface area contributed by atoms with Gasteiger partial charge in [-0.15, -0.1) is 0 Å². The molecule has 1 saturated heterocycles. The summed E-state index contributed by atoms with van der Waals surface area (Å²) in [4.78, 5) is 28.8. The number of nitrogens with zero attached hydrogens (tertiary/aromatic N) is 1. The number of amides is 2.